The molecule has 0 saturated carbocycles. The zero-order valence-electron chi connectivity index (χ0n) is 9.26. The number of hydrogen-bond acceptors (Lipinski definition) is 3. The number of ether oxygens (including phenoxy) is 1. The van der Waals surface area contributed by atoms with Crippen LogP contribution >= 0.6 is 11.6 Å². The summed E-state index contributed by atoms with van der Waals surface area (Å²) in [6, 6.07) is 2.01. The maximum atomic E-state index is 6.13. The molecular formula is C11H16ClNO2. The van der Waals surface area contributed by atoms with E-state index in [1.807, 2.05) is 19.9 Å². The Labute approximate surface area is 95.1 Å². The van der Waals surface area contributed by atoms with Crippen molar-refractivity contribution < 1.29 is 9.57 Å². The molecule has 4 heteroatoms. The minimum atomic E-state index is 0.469. The fourth-order valence-corrected chi connectivity index (χ4v) is 1.81. The Morgan fingerprint density at radius 3 is 2.60 bits per heavy atom. The molecule has 1 rings (SSSR count). The Morgan fingerprint density at radius 2 is 2.07 bits per heavy atom. The molecule has 0 aromatic heterocycles. The lowest BCUT2D eigenvalue weighted by Crippen LogP contribution is -2.06. The molecule has 15 heavy (non-hydrogen) atoms. The van der Waals surface area contributed by atoms with Crippen LogP contribution in [0.25, 0.3) is 0 Å². The van der Waals surface area contributed by atoms with Gasteiger partial charge in [0.15, 0.2) is 0 Å². The minimum absolute atomic E-state index is 0.469. The molecule has 0 aliphatic carbocycles. The summed E-state index contributed by atoms with van der Waals surface area (Å²) in [6.07, 6.45) is 0.721. The van der Waals surface area contributed by atoms with Crippen molar-refractivity contribution in [1.29, 1.82) is 0 Å². The van der Waals surface area contributed by atoms with E-state index in [9.17, 15) is 0 Å². The van der Waals surface area contributed by atoms with Gasteiger partial charge in [-0.05, 0) is 25.0 Å². The van der Waals surface area contributed by atoms with Gasteiger partial charge in [-0.2, -0.15) is 0 Å². The largest absolute Gasteiger partial charge is 0.496 e. The molecule has 0 aliphatic heterocycles. The molecule has 0 spiro atoms. The Bertz CT molecular complexity index is 353. The normalized spacial score (nSPS) is 10.5. The summed E-state index contributed by atoms with van der Waals surface area (Å²) in [7, 11) is 1.64. The van der Waals surface area contributed by atoms with Gasteiger partial charge in [-0.15, -0.1) is 0 Å². The average Bonchev–Trinajstić information content (AvgIpc) is 2.23. The first kappa shape index (κ1) is 12.3. The van der Waals surface area contributed by atoms with Crippen LogP contribution < -0.4 is 10.6 Å². The van der Waals surface area contributed by atoms with E-state index in [2.05, 4.69) is 4.84 Å². The second-order valence-electron chi connectivity index (χ2n) is 3.45. The van der Waals surface area contributed by atoms with E-state index in [4.69, 9.17) is 22.2 Å². The van der Waals surface area contributed by atoms with Gasteiger partial charge < -0.3 is 9.57 Å². The van der Waals surface area contributed by atoms with Gasteiger partial charge in [0.05, 0.1) is 18.7 Å². The van der Waals surface area contributed by atoms with Gasteiger partial charge in [0, 0.05) is 12.0 Å². The van der Waals surface area contributed by atoms with Crippen LogP contribution in [0, 0.1) is 13.8 Å². The van der Waals surface area contributed by atoms with Crippen LogP contribution in [0.5, 0.6) is 5.75 Å². The first-order valence-electron chi connectivity index (χ1n) is 4.76. The summed E-state index contributed by atoms with van der Waals surface area (Å²) in [6.45, 7) is 4.39. The summed E-state index contributed by atoms with van der Waals surface area (Å²) in [5, 5.41) is 0.754. The SMILES string of the molecule is COc1c(CCON)cc(C)c(Cl)c1C. The molecule has 0 heterocycles. The van der Waals surface area contributed by atoms with E-state index in [-0.39, 0.29) is 0 Å². The predicted octanol–water partition coefficient (Wildman–Crippen LogP) is 2.40. The molecular weight excluding hydrogens is 214 g/mol. The van der Waals surface area contributed by atoms with Crippen molar-refractivity contribution in [2.45, 2.75) is 20.3 Å². The van der Waals surface area contributed by atoms with Crippen molar-refractivity contribution in [2.75, 3.05) is 13.7 Å². The van der Waals surface area contributed by atoms with E-state index in [1.165, 1.54) is 0 Å². The molecule has 3 nitrogen and oxygen atoms in total. The molecule has 1 aromatic rings. The zero-order chi connectivity index (χ0) is 11.4. The number of nitrogens with two attached hydrogens (primary N) is 1. The highest BCUT2D eigenvalue weighted by molar-refractivity contribution is 6.32. The number of aryl methyl sites for hydroxylation is 1. The van der Waals surface area contributed by atoms with Crippen LogP contribution in [0.2, 0.25) is 5.02 Å². The smallest absolute Gasteiger partial charge is 0.126 e. The molecule has 0 fully saturated rings. The van der Waals surface area contributed by atoms with Crippen molar-refractivity contribution >= 4 is 11.6 Å². The van der Waals surface area contributed by atoms with Crippen LogP contribution in [-0.4, -0.2) is 13.7 Å². The van der Waals surface area contributed by atoms with Crippen molar-refractivity contribution in [3.05, 3.63) is 27.8 Å². The lowest BCUT2D eigenvalue weighted by molar-refractivity contribution is 0.140. The fourth-order valence-electron chi connectivity index (χ4n) is 1.67. The highest BCUT2D eigenvalue weighted by atomic mass is 35.5. The minimum Gasteiger partial charge on any atom is -0.496 e. The van der Waals surface area contributed by atoms with Gasteiger partial charge in [0.2, 0.25) is 0 Å². The second kappa shape index (κ2) is 5.35. The standard InChI is InChI=1S/C11H16ClNO2/c1-7-6-9(4-5-15-13)11(14-3)8(2)10(7)12/h6H,4-5,13H2,1-3H3. The van der Waals surface area contributed by atoms with Crippen LogP contribution in [0.1, 0.15) is 16.7 Å². The van der Waals surface area contributed by atoms with Crippen molar-refractivity contribution in [1.82, 2.24) is 0 Å². The van der Waals surface area contributed by atoms with Gasteiger partial charge in [0.25, 0.3) is 0 Å². The zero-order valence-corrected chi connectivity index (χ0v) is 10.0. The molecule has 0 unspecified atom stereocenters. The van der Waals surface area contributed by atoms with Gasteiger partial charge in [-0.1, -0.05) is 17.7 Å². The number of rotatable bonds is 4. The van der Waals surface area contributed by atoms with Crippen LogP contribution in [-0.2, 0) is 11.3 Å². The Balaban J connectivity index is 3.13. The third-order valence-corrected chi connectivity index (χ3v) is 2.97. The Kier molecular flexibility index (Phi) is 4.39. The van der Waals surface area contributed by atoms with Crippen LogP contribution in [0.4, 0.5) is 0 Å². The van der Waals surface area contributed by atoms with Crippen molar-refractivity contribution in [3.8, 4) is 5.75 Å². The number of halogens is 1. The fraction of sp³-hybridized carbons (Fsp3) is 0.455. The third-order valence-electron chi connectivity index (χ3n) is 2.39. The molecule has 0 aliphatic rings. The molecule has 0 bridgehead atoms. The highest BCUT2D eigenvalue weighted by Gasteiger charge is 2.12. The summed E-state index contributed by atoms with van der Waals surface area (Å²) in [4.78, 5) is 4.57. The maximum absolute atomic E-state index is 6.13. The molecule has 1 aromatic carbocycles. The molecule has 84 valence electrons. The average molecular weight is 230 g/mol. The molecule has 0 amide bonds. The van der Waals surface area contributed by atoms with Crippen LogP contribution in [0.3, 0.4) is 0 Å². The molecule has 0 saturated heterocycles. The topological polar surface area (TPSA) is 44.5 Å². The van der Waals surface area contributed by atoms with Gasteiger partial charge in [0.1, 0.15) is 5.75 Å². The molecule has 0 radical (unpaired) electrons. The Hall–Kier alpha value is -0.770. The first-order valence-corrected chi connectivity index (χ1v) is 5.13. The van der Waals surface area contributed by atoms with Crippen molar-refractivity contribution in [3.63, 3.8) is 0 Å². The summed E-state index contributed by atoms with van der Waals surface area (Å²) in [5.41, 5.74) is 3.08. The summed E-state index contributed by atoms with van der Waals surface area (Å²) >= 11 is 6.13. The van der Waals surface area contributed by atoms with Gasteiger partial charge in [-0.3, -0.25) is 0 Å². The molecule has 0 atom stereocenters. The van der Waals surface area contributed by atoms with Gasteiger partial charge in [-0.25, -0.2) is 5.90 Å². The quantitative estimate of drug-likeness (QED) is 0.807. The van der Waals surface area contributed by atoms with Gasteiger partial charge >= 0.3 is 0 Å². The predicted molar refractivity (Wildman–Crippen MR) is 61.3 cm³/mol. The van der Waals surface area contributed by atoms with E-state index in [0.29, 0.717) is 6.61 Å². The van der Waals surface area contributed by atoms with E-state index < -0.39 is 0 Å². The maximum Gasteiger partial charge on any atom is 0.126 e. The number of methoxy groups -OCH3 is 1. The number of benzene rings is 1. The third kappa shape index (κ3) is 2.62. The summed E-state index contributed by atoms with van der Waals surface area (Å²) < 4.78 is 5.33. The first-order chi connectivity index (χ1) is 7.11. The highest BCUT2D eigenvalue weighted by Crippen LogP contribution is 2.32. The lowest BCUT2D eigenvalue weighted by Gasteiger charge is -2.14. The summed E-state index contributed by atoms with van der Waals surface area (Å²) in [5.74, 6) is 5.83. The molecule has 2 N–H and O–H groups in total. The van der Waals surface area contributed by atoms with Crippen LogP contribution in [0.15, 0.2) is 6.07 Å². The van der Waals surface area contributed by atoms with Crippen molar-refractivity contribution in [2.24, 2.45) is 5.90 Å². The second-order valence-corrected chi connectivity index (χ2v) is 3.82. The van der Waals surface area contributed by atoms with E-state index in [1.54, 1.807) is 7.11 Å². The number of hydrogen-bond donors (Lipinski definition) is 1. The monoisotopic (exact) mass is 229 g/mol. The van der Waals surface area contributed by atoms with E-state index >= 15 is 0 Å². The lowest BCUT2D eigenvalue weighted by atomic mass is 10.0. The van der Waals surface area contributed by atoms with E-state index in [0.717, 1.165) is 33.9 Å². The Morgan fingerprint density at radius 1 is 1.40 bits per heavy atom.